The molecule has 1 N–H and O–H groups in total. The number of benzene rings is 1. The van der Waals surface area contributed by atoms with E-state index in [1.165, 1.54) is 17.2 Å². The molecule has 0 saturated carbocycles. The number of alkyl halides is 3. The molecule has 3 heterocycles. The Labute approximate surface area is 193 Å². The van der Waals surface area contributed by atoms with Gasteiger partial charge in [-0.25, -0.2) is 4.79 Å². The molecule has 0 aliphatic carbocycles. The van der Waals surface area contributed by atoms with Crippen LogP contribution >= 0.6 is 11.6 Å². The normalized spacial score (nSPS) is 18.1. The third kappa shape index (κ3) is 4.57. The van der Waals surface area contributed by atoms with Gasteiger partial charge in [0.2, 0.25) is 0 Å². The molecule has 4 rings (SSSR count). The Morgan fingerprint density at radius 3 is 2.30 bits per heavy atom. The molecule has 1 spiro atoms. The van der Waals surface area contributed by atoms with Gasteiger partial charge in [-0.2, -0.15) is 23.0 Å². The summed E-state index contributed by atoms with van der Waals surface area (Å²) in [6.45, 7) is 4.91. The van der Waals surface area contributed by atoms with Gasteiger partial charge in [-0.15, -0.1) is 0 Å². The van der Waals surface area contributed by atoms with E-state index in [9.17, 15) is 27.9 Å². The Morgan fingerprint density at radius 2 is 1.73 bits per heavy atom. The Bertz CT molecular complexity index is 1110. The SMILES string of the molecule is C=C(O)c1ccn(C(=O)N2CCC3(CCN(C(=O)c4cc(Cl)ccc4C(F)(F)F)C3)CC2)n1. The number of rotatable bonds is 2. The second-order valence-corrected chi connectivity index (χ2v) is 8.96. The molecule has 176 valence electrons. The van der Waals surface area contributed by atoms with Crippen LogP contribution in [0.3, 0.4) is 0 Å². The molecule has 0 unspecified atom stereocenters. The van der Waals surface area contributed by atoms with E-state index in [1.807, 2.05) is 0 Å². The van der Waals surface area contributed by atoms with E-state index in [1.54, 1.807) is 4.90 Å². The molecule has 1 aromatic carbocycles. The molecule has 2 aliphatic heterocycles. The molecule has 0 radical (unpaired) electrons. The molecule has 0 bridgehead atoms. The first-order valence-corrected chi connectivity index (χ1v) is 10.8. The Morgan fingerprint density at radius 1 is 1.09 bits per heavy atom. The van der Waals surface area contributed by atoms with Crippen molar-refractivity contribution in [1.82, 2.24) is 19.6 Å². The molecule has 33 heavy (non-hydrogen) atoms. The summed E-state index contributed by atoms with van der Waals surface area (Å²) in [6, 6.07) is 4.17. The summed E-state index contributed by atoms with van der Waals surface area (Å²) in [4.78, 5) is 28.7. The fourth-order valence-corrected chi connectivity index (χ4v) is 4.70. The number of carbonyl (C=O) groups is 2. The van der Waals surface area contributed by atoms with Gasteiger partial charge in [-0.1, -0.05) is 18.2 Å². The van der Waals surface area contributed by atoms with Crippen molar-refractivity contribution in [1.29, 1.82) is 0 Å². The number of hydrogen-bond acceptors (Lipinski definition) is 4. The molecular formula is C22H22ClF3N4O3. The highest BCUT2D eigenvalue weighted by atomic mass is 35.5. The molecule has 1 aromatic heterocycles. The minimum Gasteiger partial charge on any atom is -0.506 e. The largest absolute Gasteiger partial charge is 0.506 e. The number of halogens is 4. The van der Waals surface area contributed by atoms with Crippen LogP contribution in [0.25, 0.3) is 5.76 Å². The Balaban J connectivity index is 1.42. The van der Waals surface area contributed by atoms with Crippen molar-refractivity contribution in [2.45, 2.75) is 25.4 Å². The summed E-state index contributed by atoms with van der Waals surface area (Å²) in [7, 11) is 0. The highest BCUT2D eigenvalue weighted by Crippen LogP contribution is 2.42. The number of piperidine rings is 1. The monoisotopic (exact) mass is 482 g/mol. The van der Waals surface area contributed by atoms with Crippen molar-refractivity contribution in [3.8, 4) is 0 Å². The van der Waals surface area contributed by atoms with Crippen LogP contribution in [0, 0.1) is 5.41 Å². The molecular weight excluding hydrogens is 461 g/mol. The van der Waals surface area contributed by atoms with Crippen LogP contribution in [0.4, 0.5) is 18.0 Å². The molecule has 0 atom stereocenters. The minimum absolute atomic E-state index is 0.0682. The van der Waals surface area contributed by atoms with E-state index in [-0.39, 0.29) is 27.9 Å². The second kappa shape index (κ2) is 8.40. The van der Waals surface area contributed by atoms with Gasteiger partial charge >= 0.3 is 12.2 Å². The fourth-order valence-electron chi connectivity index (χ4n) is 4.53. The van der Waals surface area contributed by atoms with Gasteiger partial charge in [0.05, 0.1) is 11.1 Å². The van der Waals surface area contributed by atoms with Gasteiger partial charge in [0.1, 0.15) is 11.5 Å². The molecule has 2 aromatic rings. The lowest BCUT2D eigenvalue weighted by molar-refractivity contribution is -0.138. The number of carbonyl (C=O) groups excluding carboxylic acids is 2. The lowest BCUT2D eigenvalue weighted by Gasteiger charge is -2.39. The molecule has 2 amide bonds. The summed E-state index contributed by atoms with van der Waals surface area (Å²) in [5.41, 5.74) is -1.49. The third-order valence-corrected chi connectivity index (χ3v) is 6.65. The predicted molar refractivity (Wildman–Crippen MR) is 115 cm³/mol. The van der Waals surface area contributed by atoms with Crippen molar-refractivity contribution in [2.24, 2.45) is 5.41 Å². The Kier molecular flexibility index (Phi) is 5.90. The molecule has 2 aliphatic rings. The average Bonchev–Trinajstić information content (AvgIpc) is 3.41. The van der Waals surface area contributed by atoms with Crippen molar-refractivity contribution in [2.75, 3.05) is 26.2 Å². The van der Waals surface area contributed by atoms with Crippen LogP contribution in [-0.4, -0.2) is 62.8 Å². The predicted octanol–water partition coefficient (Wildman–Crippen LogP) is 4.68. The van der Waals surface area contributed by atoms with Crippen LogP contribution in [0.15, 0.2) is 37.0 Å². The maximum atomic E-state index is 13.4. The first-order chi connectivity index (χ1) is 15.5. The van der Waals surface area contributed by atoms with Crippen LogP contribution in [-0.2, 0) is 6.18 Å². The summed E-state index contributed by atoms with van der Waals surface area (Å²) in [5.74, 6) is -0.920. The van der Waals surface area contributed by atoms with E-state index < -0.39 is 23.2 Å². The minimum atomic E-state index is -4.66. The number of aliphatic hydroxyl groups is 1. The zero-order valence-electron chi connectivity index (χ0n) is 17.6. The number of aliphatic hydroxyl groups excluding tert-OH is 1. The average molecular weight is 483 g/mol. The third-order valence-electron chi connectivity index (χ3n) is 6.42. The number of hydrogen-bond donors (Lipinski definition) is 1. The standard InChI is InChI=1S/C22H22ClF3N4O3/c1-14(31)18-4-8-30(27-18)20(33)28-9-5-21(6-10-28)7-11-29(13-21)19(32)16-12-15(23)2-3-17(16)22(24,25)26/h2-4,8,12,31H,1,5-7,9-11,13H2. The molecule has 11 heteroatoms. The van der Waals surface area contributed by atoms with Crippen LogP contribution in [0.2, 0.25) is 5.02 Å². The van der Waals surface area contributed by atoms with Crippen molar-refractivity contribution >= 4 is 29.3 Å². The quantitative estimate of drug-likeness (QED) is 0.630. The van der Waals surface area contributed by atoms with Gasteiger partial charge in [0, 0.05) is 37.4 Å². The van der Waals surface area contributed by atoms with E-state index in [0.29, 0.717) is 45.4 Å². The maximum Gasteiger partial charge on any atom is 0.417 e. The van der Waals surface area contributed by atoms with Crippen LogP contribution in [0.1, 0.15) is 40.9 Å². The van der Waals surface area contributed by atoms with Crippen molar-refractivity contribution < 1.29 is 27.9 Å². The summed E-state index contributed by atoms with van der Waals surface area (Å²) >= 11 is 5.87. The van der Waals surface area contributed by atoms with Crippen molar-refractivity contribution in [3.63, 3.8) is 0 Å². The number of aromatic nitrogens is 2. The van der Waals surface area contributed by atoms with Crippen LogP contribution < -0.4 is 0 Å². The van der Waals surface area contributed by atoms with E-state index in [4.69, 9.17) is 11.6 Å². The van der Waals surface area contributed by atoms with Gasteiger partial charge in [0.25, 0.3) is 5.91 Å². The highest BCUT2D eigenvalue weighted by Gasteiger charge is 2.44. The van der Waals surface area contributed by atoms with E-state index in [2.05, 4.69) is 11.7 Å². The summed E-state index contributed by atoms with van der Waals surface area (Å²) < 4.78 is 41.3. The maximum absolute atomic E-state index is 13.4. The lowest BCUT2D eigenvalue weighted by Crippen LogP contribution is -2.46. The fraction of sp³-hybridized carbons (Fsp3) is 0.409. The number of likely N-dealkylation sites (tertiary alicyclic amines) is 2. The topological polar surface area (TPSA) is 78.7 Å². The zero-order valence-corrected chi connectivity index (χ0v) is 18.4. The lowest BCUT2D eigenvalue weighted by atomic mass is 9.78. The van der Waals surface area contributed by atoms with Crippen LogP contribution in [0.5, 0.6) is 0 Å². The second-order valence-electron chi connectivity index (χ2n) is 8.53. The number of amides is 2. The van der Waals surface area contributed by atoms with Gasteiger partial charge in [0.15, 0.2) is 0 Å². The van der Waals surface area contributed by atoms with Gasteiger partial charge in [-0.05, 0) is 48.9 Å². The van der Waals surface area contributed by atoms with Gasteiger partial charge < -0.3 is 14.9 Å². The molecule has 7 nitrogen and oxygen atoms in total. The molecule has 2 fully saturated rings. The Hall–Kier alpha value is -3.01. The smallest absolute Gasteiger partial charge is 0.417 e. The van der Waals surface area contributed by atoms with E-state index >= 15 is 0 Å². The first-order valence-electron chi connectivity index (χ1n) is 10.4. The first kappa shape index (κ1) is 23.2. The number of nitrogens with zero attached hydrogens (tertiary/aromatic N) is 4. The van der Waals surface area contributed by atoms with Gasteiger partial charge in [-0.3, -0.25) is 4.79 Å². The highest BCUT2D eigenvalue weighted by molar-refractivity contribution is 6.31. The summed E-state index contributed by atoms with van der Waals surface area (Å²) in [6.07, 6.45) is -1.33. The summed E-state index contributed by atoms with van der Waals surface area (Å²) in [5, 5.41) is 13.5. The molecule has 2 saturated heterocycles. The van der Waals surface area contributed by atoms with E-state index in [0.717, 1.165) is 22.9 Å². The van der Waals surface area contributed by atoms with Crippen molar-refractivity contribution in [3.05, 3.63) is 58.9 Å². The zero-order chi connectivity index (χ0) is 24.0.